The van der Waals surface area contributed by atoms with Crippen molar-refractivity contribution in [1.82, 2.24) is 22.9 Å². The van der Waals surface area contributed by atoms with Gasteiger partial charge in [0.05, 0.1) is 31.8 Å². The number of ether oxygens (including phenoxy) is 5. The Bertz CT molecular complexity index is 3060. The summed E-state index contributed by atoms with van der Waals surface area (Å²) in [6.07, 6.45) is -2.36. The van der Waals surface area contributed by atoms with Crippen LogP contribution in [-0.4, -0.2) is 91.2 Å². The summed E-state index contributed by atoms with van der Waals surface area (Å²) in [7, 11) is -1.77. The molecule has 0 saturated carbocycles. The first-order chi connectivity index (χ1) is 36.2. The quantitative estimate of drug-likeness (QED) is 0.0295. The van der Waals surface area contributed by atoms with E-state index >= 15 is 0 Å². The molecule has 2 aliphatic heterocycles. The zero-order valence-electron chi connectivity index (χ0n) is 44.9. The van der Waals surface area contributed by atoms with Crippen LogP contribution in [0.15, 0.2) is 110 Å². The van der Waals surface area contributed by atoms with E-state index in [1.54, 1.807) is 6.92 Å². The van der Waals surface area contributed by atoms with Crippen LogP contribution in [0.2, 0.25) is 0 Å². The summed E-state index contributed by atoms with van der Waals surface area (Å²) in [6, 6.07) is 28.0. The molecule has 3 aromatic carbocycles. The Morgan fingerprint density at radius 1 is 0.697 bits per heavy atom. The van der Waals surface area contributed by atoms with E-state index in [-0.39, 0.29) is 75.4 Å². The largest absolute Gasteiger partial charge is 0.463 e. The third-order valence-electron chi connectivity index (χ3n) is 13.5. The Hall–Kier alpha value is -6.36. The van der Waals surface area contributed by atoms with E-state index in [1.165, 1.54) is 42.3 Å². The van der Waals surface area contributed by atoms with Crippen molar-refractivity contribution in [1.29, 1.82) is 5.26 Å². The first-order valence-electron chi connectivity index (χ1n) is 25.6. The molecule has 76 heavy (non-hydrogen) atoms. The standard InChI is InChI=1S/C56H69N6O13P/c1-35(2)62(36(3)4)76(71-28-14-25-57)75-47-30-51(73-48(47)33-69-41(9)63)61-32-40(8)53(66)59(55(61)68)27-26-58-52(65)39(7)31-60(54(58)67)50-29-46(72-42(10)64)49(74-50)34-70-56(43-15-12-11-13-16-43,44-21-17-37(5)18-22-44)45-23-19-38(6)20-24-45/h11-13,15-24,31-32,35-36,46-51H,14,26-30,33-34H2,1-10H3. The lowest BCUT2D eigenvalue weighted by Gasteiger charge is -2.37. The molecular weight excluding hydrogens is 996 g/mol. The van der Waals surface area contributed by atoms with E-state index in [0.29, 0.717) is 0 Å². The zero-order valence-corrected chi connectivity index (χ0v) is 45.8. The van der Waals surface area contributed by atoms with E-state index in [9.17, 15) is 34.0 Å². The highest BCUT2D eigenvalue weighted by molar-refractivity contribution is 7.44. The summed E-state index contributed by atoms with van der Waals surface area (Å²) in [6.45, 7) is 16.7. The maximum absolute atomic E-state index is 14.5. The molecule has 2 saturated heterocycles. The van der Waals surface area contributed by atoms with Gasteiger partial charge in [-0.15, -0.1) is 0 Å². The Morgan fingerprint density at radius 2 is 1.17 bits per heavy atom. The third kappa shape index (κ3) is 12.9. The topological polar surface area (TPSA) is 214 Å². The van der Waals surface area contributed by atoms with Crippen molar-refractivity contribution in [3.8, 4) is 6.07 Å². The van der Waals surface area contributed by atoms with Gasteiger partial charge < -0.3 is 32.7 Å². The number of esters is 2. The van der Waals surface area contributed by atoms with Crippen molar-refractivity contribution in [2.75, 3.05) is 19.8 Å². The van der Waals surface area contributed by atoms with Gasteiger partial charge in [0, 0.05) is 75.4 Å². The van der Waals surface area contributed by atoms with Crippen LogP contribution in [0.5, 0.6) is 0 Å². The fourth-order valence-corrected chi connectivity index (χ4v) is 11.6. The first-order valence-corrected chi connectivity index (χ1v) is 26.7. The van der Waals surface area contributed by atoms with Gasteiger partial charge in [-0.3, -0.25) is 37.4 Å². The molecule has 20 heteroatoms. The van der Waals surface area contributed by atoms with Crippen molar-refractivity contribution in [2.45, 2.75) is 156 Å². The molecule has 7 atom stereocenters. The molecule has 7 unspecified atom stereocenters. The average molecular weight is 1070 g/mol. The highest BCUT2D eigenvalue weighted by atomic mass is 31.2. The number of rotatable bonds is 22. The van der Waals surface area contributed by atoms with Gasteiger partial charge in [-0.05, 0) is 72.1 Å². The van der Waals surface area contributed by atoms with Crippen LogP contribution in [0.1, 0.15) is 112 Å². The minimum Gasteiger partial charge on any atom is -0.463 e. The van der Waals surface area contributed by atoms with Crippen molar-refractivity contribution in [3.63, 3.8) is 0 Å². The van der Waals surface area contributed by atoms with Gasteiger partial charge in [-0.1, -0.05) is 90.0 Å². The van der Waals surface area contributed by atoms with Crippen LogP contribution in [0.3, 0.4) is 0 Å². The van der Waals surface area contributed by atoms with E-state index in [4.69, 9.17) is 32.7 Å². The summed E-state index contributed by atoms with van der Waals surface area (Å²) < 4.78 is 50.6. The SMILES string of the molecule is CC(=O)OCC1OC(n2cc(C)c(=O)n(CCn3c(=O)c(C)cn(C4CC(OC(C)=O)C(COC(c5ccccc5)(c5ccc(C)cc5)c5ccc(C)cc5)O4)c3=O)c2=O)CC1OP(OCCC#N)N(C(C)C)C(C)C. The van der Waals surface area contributed by atoms with E-state index in [0.717, 1.165) is 37.0 Å². The van der Waals surface area contributed by atoms with Gasteiger partial charge in [0.2, 0.25) is 0 Å². The molecule has 0 spiro atoms. The van der Waals surface area contributed by atoms with E-state index in [2.05, 4.69) is 6.07 Å². The average Bonchev–Trinajstić information content (AvgIpc) is 3.99. The predicted molar refractivity (Wildman–Crippen MR) is 283 cm³/mol. The summed E-state index contributed by atoms with van der Waals surface area (Å²) in [4.78, 5) is 81.3. The second-order valence-electron chi connectivity index (χ2n) is 19.9. The Balaban J connectivity index is 1.17. The molecule has 0 bridgehead atoms. The number of carbonyl (C=O) groups excluding carboxylic acids is 2. The molecule has 0 N–H and O–H groups in total. The van der Waals surface area contributed by atoms with Gasteiger partial charge in [0.15, 0.2) is 0 Å². The van der Waals surface area contributed by atoms with Crippen LogP contribution < -0.4 is 22.5 Å². The number of aromatic nitrogens is 4. The molecule has 4 heterocycles. The maximum Gasteiger partial charge on any atom is 0.333 e. The number of hydrogen-bond donors (Lipinski definition) is 0. The minimum absolute atomic E-state index is 0.0162. The summed E-state index contributed by atoms with van der Waals surface area (Å²) in [5.74, 6) is -1.11. The monoisotopic (exact) mass is 1060 g/mol. The molecule has 2 aliphatic rings. The number of nitriles is 1. The molecule has 2 fully saturated rings. The number of carbonyl (C=O) groups is 2. The van der Waals surface area contributed by atoms with Crippen molar-refractivity contribution in [2.24, 2.45) is 0 Å². The molecule has 19 nitrogen and oxygen atoms in total. The van der Waals surface area contributed by atoms with E-state index in [1.807, 2.05) is 125 Å². The molecule has 5 aromatic rings. The van der Waals surface area contributed by atoms with Gasteiger partial charge in [0.25, 0.3) is 19.6 Å². The molecule has 406 valence electrons. The molecule has 0 amide bonds. The summed E-state index contributed by atoms with van der Waals surface area (Å²) in [5, 5.41) is 9.25. The maximum atomic E-state index is 14.5. The second-order valence-corrected chi connectivity index (χ2v) is 21.3. The first kappa shape index (κ1) is 57.3. The molecular formula is C56H69N6O13P. The van der Waals surface area contributed by atoms with Crippen molar-refractivity contribution >= 4 is 20.5 Å². The zero-order chi connectivity index (χ0) is 55.0. The lowest BCUT2D eigenvalue weighted by Crippen LogP contribution is -2.46. The Morgan fingerprint density at radius 3 is 1.63 bits per heavy atom. The second kappa shape index (κ2) is 25.2. The molecule has 0 radical (unpaired) electrons. The van der Waals surface area contributed by atoms with Crippen molar-refractivity contribution in [3.05, 3.63) is 172 Å². The lowest BCUT2D eigenvalue weighted by atomic mass is 9.79. The van der Waals surface area contributed by atoms with Gasteiger partial charge >= 0.3 is 23.3 Å². The number of nitrogens with zero attached hydrogens (tertiary/aromatic N) is 6. The van der Waals surface area contributed by atoms with Crippen LogP contribution in [0.25, 0.3) is 0 Å². The van der Waals surface area contributed by atoms with E-state index < -0.39 is 85.4 Å². The summed E-state index contributed by atoms with van der Waals surface area (Å²) >= 11 is 0. The fourth-order valence-electron chi connectivity index (χ4n) is 9.83. The Kier molecular flexibility index (Phi) is 19.0. The third-order valence-corrected chi connectivity index (χ3v) is 15.6. The summed E-state index contributed by atoms with van der Waals surface area (Å²) in [5.41, 5.74) is 1.05. The number of benzene rings is 3. The molecule has 2 aromatic heterocycles. The Labute approximate surface area is 443 Å². The van der Waals surface area contributed by atoms with Crippen LogP contribution in [0, 0.1) is 39.0 Å². The van der Waals surface area contributed by atoms with Crippen molar-refractivity contribution < 1.29 is 42.3 Å². The predicted octanol–water partition coefficient (Wildman–Crippen LogP) is 7.01. The highest BCUT2D eigenvalue weighted by Gasteiger charge is 2.45. The van der Waals surface area contributed by atoms with Gasteiger partial charge in [-0.2, -0.15) is 5.26 Å². The van der Waals surface area contributed by atoms with Gasteiger partial charge in [0.1, 0.15) is 43.0 Å². The molecule has 7 rings (SSSR count). The number of hydrogen-bond acceptors (Lipinski definition) is 15. The molecule has 0 aliphatic carbocycles. The van der Waals surface area contributed by atoms with Crippen LogP contribution in [0.4, 0.5) is 0 Å². The fraction of sp³-hybridized carbons (Fsp3) is 0.482. The van der Waals surface area contributed by atoms with Crippen LogP contribution in [-0.2, 0) is 61.0 Å². The van der Waals surface area contributed by atoms with Gasteiger partial charge in [-0.25, -0.2) is 14.3 Å². The van der Waals surface area contributed by atoms with Crippen LogP contribution >= 0.6 is 8.53 Å². The smallest absolute Gasteiger partial charge is 0.333 e. The minimum atomic E-state index is -1.77. The number of aryl methyl sites for hydroxylation is 4. The highest BCUT2D eigenvalue weighted by Crippen LogP contribution is 2.50. The normalized spacial score (nSPS) is 20.1. The lowest BCUT2D eigenvalue weighted by molar-refractivity contribution is -0.153.